The van der Waals surface area contributed by atoms with Crippen LogP contribution in [-0.2, 0) is 11.2 Å². The minimum Gasteiger partial charge on any atom is -0.383 e. The van der Waals surface area contributed by atoms with Gasteiger partial charge >= 0.3 is 0 Å². The van der Waals surface area contributed by atoms with Crippen molar-refractivity contribution in [3.05, 3.63) is 35.9 Å². The number of rotatable bonds is 7. The van der Waals surface area contributed by atoms with E-state index < -0.39 is 0 Å². The molecule has 16 heavy (non-hydrogen) atoms. The fourth-order valence-electron chi connectivity index (χ4n) is 1.81. The number of hydrogen-bond donors (Lipinski definition) is 1. The Morgan fingerprint density at radius 2 is 1.88 bits per heavy atom. The molecule has 90 valence electrons. The lowest BCUT2D eigenvalue weighted by atomic mass is 9.86. The first-order valence-corrected chi connectivity index (χ1v) is 5.88. The Morgan fingerprint density at radius 3 is 2.50 bits per heavy atom. The predicted molar refractivity (Wildman–Crippen MR) is 68.7 cm³/mol. The van der Waals surface area contributed by atoms with Crippen LogP contribution >= 0.6 is 0 Å². The highest BCUT2D eigenvalue weighted by Gasteiger charge is 2.17. The summed E-state index contributed by atoms with van der Waals surface area (Å²) in [5, 5.41) is 3.42. The van der Waals surface area contributed by atoms with Gasteiger partial charge in [-0.2, -0.15) is 0 Å². The summed E-state index contributed by atoms with van der Waals surface area (Å²) in [7, 11) is 1.73. The van der Waals surface area contributed by atoms with E-state index in [1.807, 2.05) is 0 Å². The van der Waals surface area contributed by atoms with Crippen LogP contribution < -0.4 is 5.32 Å². The summed E-state index contributed by atoms with van der Waals surface area (Å²) >= 11 is 0. The molecule has 0 unspecified atom stereocenters. The molecular weight excluding hydrogens is 198 g/mol. The quantitative estimate of drug-likeness (QED) is 0.714. The second-order valence-electron chi connectivity index (χ2n) is 5.00. The van der Waals surface area contributed by atoms with Crippen LogP contribution in [0.1, 0.15) is 19.4 Å². The minimum absolute atomic E-state index is 0.287. The first-order valence-electron chi connectivity index (χ1n) is 5.88. The highest BCUT2D eigenvalue weighted by molar-refractivity contribution is 5.16. The van der Waals surface area contributed by atoms with Crippen LogP contribution in [0.3, 0.4) is 0 Å². The normalized spacial score (nSPS) is 11.7. The summed E-state index contributed by atoms with van der Waals surface area (Å²) in [5.74, 6) is 0. The monoisotopic (exact) mass is 221 g/mol. The van der Waals surface area contributed by atoms with E-state index in [9.17, 15) is 0 Å². The van der Waals surface area contributed by atoms with Gasteiger partial charge in [-0.1, -0.05) is 44.2 Å². The molecule has 0 saturated heterocycles. The molecule has 0 heterocycles. The van der Waals surface area contributed by atoms with Gasteiger partial charge in [0, 0.05) is 20.2 Å². The summed E-state index contributed by atoms with van der Waals surface area (Å²) in [5.41, 5.74) is 1.69. The predicted octanol–water partition coefficient (Wildman–Crippen LogP) is 2.49. The Labute approximate surface area is 99.0 Å². The number of nitrogens with one attached hydrogen (secondary N) is 1. The van der Waals surface area contributed by atoms with E-state index in [0.717, 1.165) is 26.1 Å². The van der Waals surface area contributed by atoms with Crippen LogP contribution in [0.25, 0.3) is 0 Å². The molecule has 1 N–H and O–H groups in total. The van der Waals surface area contributed by atoms with Crippen LogP contribution in [0.2, 0.25) is 0 Å². The highest BCUT2D eigenvalue weighted by atomic mass is 16.5. The van der Waals surface area contributed by atoms with Crippen LogP contribution in [0.4, 0.5) is 0 Å². The summed E-state index contributed by atoms with van der Waals surface area (Å²) in [6.07, 6.45) is 1.10. The zero-order valence-corrected chi connectivity index (χ0v) is 10.6. The second-order valence-corrected chi connectivity index (χ2v) is 5.00. The van der Waals surface area contributed by atoms with Gasteiger partial charge in [0.05, 0.1) is 6.61 Å². The lowest BCUT2D eigenvalue weighted by Gasteiger charge is -2.25. The maximum absolute atomic E-state index is 5.01. The molecule has 0 saturated carbocycles. The van der Waals surface area contributed by atoms with Crippen molar-refractivity contribution in [1.82, 2.24) is 5.32 Å². The van der Waals surface area contributed by atoms with Gasteiger partial charge in [-0.25, -0.2) is 0 Å². The number of benzene rings is 1. The molecule has 0 fully saturated rings. The number of hydrogen-bond acceptors (Lipinski definition) is 2. The summed E-state index contributed by atoms with van der Waals surface area (Å²) in [6, 6.07) is 10.6. The molecular formula is C14H23NO. The fraction of sp³-hybridized carbons (Fsp3) is 0.571. The maximum atomic E-state index is 5.01. The second kappa shape index (κ2) is 6.66. The smallest absolute Gasteiger partial charge is 0.0587 e. The van der Waals surface area contributed by atoms with Crippen LogP contribution in [0.5, 0.6) is 0 Å². The van der Waals surface area contributed by atoms with Gasteiger partial charge in [-0.15, -0.1) is 0 Å². The van der Waals surface area contributed by atoms with Crippen molar-refractivity contribution in [3.63, 3.8) is 0 Å². The van der Waals surface area contributed by atoms with Gasteiger partial charge in [0.15, 0.2) is 0 Å². The summed E-state index contributed by atoms with van der Waals surface area (Å²) in [4.78, 5) is 0. The molecule has 0 aromatic heterocycles. The van der Waals surface area contributed by atoms with Crippen LogP contribution in [-0.4, -0.2) is 26.8 Å². The standard InChI is InChI=1S/C14H23NO/c1-14(2,12-15-9-10-16-3)11-13-7-5-4-6-8-13/h4-8,15H,9-12H2,1-3H3. The lowest BCUT2D eigenvalue weighted by molar-refractivity contribution is 0.194. The van der Waals surface area contributed by atoms with Gasteiger partial charge in [0.2, 0.25) is 0 Å². The largest absolute Gasteiger partial charge is 0.383 e. The number of ether oxygens (including phenoxy) is 1. The van der Waals surface area contributed by atoms with Crippen LogP contribution in [0.15, 0.2) is 30.3 Å². The van der Waals surface area contributed by atoms with Gasteiger partial charge < -0.3 is 10.1 Å². The average molecular weight is 221 g/mol. The van der Waals surface area contributed by atoms with Gasteiger partial charge in [0.1, 0.15) is 0 Å². The lowest BCUT2D eigenvalue weighted by Crippen LogP contribution is -2.33. The Bertz CT molecular complexity index is 282. The van der Waals surface area contributed by atoms with Gasteiger partial charge in [0.25, 0.3) is 0 Å². The van der Waals surface area contributed by atoms with Crippen molar-refractivity contribution in [2.24, 2.45) is 5.41 Å². The maximum Gasteiger partial charge on any atom is 0.0587 e. The fourth-order valence-corrected chi connectivity index (χ4v) is 1.81. The van der Waals surface area contributed by atoms with Crippen molar-refractivity contribution >= 4 is 0 Å². The molecule has 0 atom stereocenters. The van der Waals surface area contributed by atoms with E-state index in [4.69, 9.17) is 4.74 Å². The average Bonchev–Trinajstić information content (AvgIpc) is 2.25. The topological polar surface area (TPSA) is 21.3 Å². The van der Waals surface area contributed by atoms with Crippen molar-refractivity contribution in [2.75, 3.05) is 26.8 Å². The zero-order valence-electron chi connectivity index (χ0n) is 10.6. The number of methoxy groups -OCH3 is 1. The van der Waals surface area contributed by atoms with Crippen LogP contribution in [0, 0.1) is 5.41 Å². The third kappa shape index (κ3) is 5.29. The van der Waals surface area contributed by atoms with E-state index >= 15 is 0 Å². The molecule has 2 nitrogen and oxygen atoms in total. The summed E-state index contributed by atoms with van der Waals surface area (Å²) < 4.78 is 5.01. The minimum atomic E-state index is 0.287. The third-order valence-corrected chi connectivity index (χ3v) is 2.61. The van der Waals surface area contributed by atoms with E-state index in [1.54, 1.807) is 7.11 Å². The third-order valence-electron chi connectivity index (χ3n) is 2.61. The van der Waals surface area contributed by atoms with Crippen molar-refractivity contribution in [2.45, 2.75) is 20.3 Å². The molecule has 1 rings (SSSR count). The van der Waals surface area contributed by atoms with E-state index in [-0.39, 0.29) is 5.41 Å². The Balaban J connectivity index is 2.33. The first kappa shape index (κ1) is 13.2. The van der Waals surface area contributed by atoms with Gasteiger partial charge in [-0.3, -0.25) is 0 Å². The van der Waals surface area contributed by atoms with E-state index in [1.165, 1.54) is 5.56 Å². The molecule has 2 heteroatoms. The molecule has 0 aliphatic heterocycles. The Hall–Kier alpha value is -0.860. The molecule has 0 bridgehead atoms. The molecule has 0 aliphatic rings. The van der Waals surface area contributed by atoms with Crippen molar-refractivity contribution in [3.8, 4) is 0 Å². The Morgan fingerprint density at radius 1 is 1.19 bits per heavy atom. The molecule has 1 aromatic carbocycles. The van der Waals surface area contributed by atoms with E-state index in [0.29, 0.717) is 0 Å². The van der Waals surface area contributed by atoms with Gasteiger partial charge in [-0.05, 0) is 17.4 Å². The summed E-state index contributed by atoms with van der Waals surface area (Å²) in [6.45, 7) is 7.31. The van der Waals surface area contributed by atoms with E-state index in [2.05, 4.69) is 49.5 Å². The van der Waals surface area contributed by atoms with Crippen molar-refractivity contribution < 1.29 is 4.74 Å². The molecule has 0 amide bonds. The molecule has 0 aliphatic carbocycles. The Kier molecular flexibility index (Phi) is 5.50. The first-order chi connectivity index (χ1) is 7.64. The highest BCUT2D eigenvalue weighted by Crippen LogP contribution is 2.20. The molecule has 0 radical (unpaired) electrons. The van der Waals surface area contributed by atoms with Crippen molar-refractivity contribution in [1.29, 1.82) is 0 Å². The SMILES string of the molecule is COCCNCC(C)(C)Cc1ccccc1. The molecule has 0 spiro atoms. The zero-order chi connectivity index (χ0) is 11.9. The molecule has 1 aromatic rings.